The molecule has 0 spiro atoms. The van der Waals surface area contributed by atoms with Gasteiger partial charge in [0.15, 0.2) is 0 Å². The number of halogens is 2. The van der Waals surface area contributed by atoms with Gasteiger partial charge in [-0.15, -0.1) is 0 Å². The molecule has 1 amide bonds. The van der Waals surface area contributed by atoms with Crippen molar-refractivity contribution in [2.75, 3.05) is 0 Å². The molecule has 0 aromatic carbocycles. The van der Waals surface area contributed by atoms with E-state index in [9.17, 15) is 18.4 Å². The number of alkyl carbamates (subject to hydrolysis) is 1. The van der Waals surface area contributed by atoms with Gasteiger partial charge in [0, 0.05) is 12.0 Å². The Labute approximate surface area is 123 Å². The maximum atomic E-state index is 13.7. The van der Waals surface area contributed by atoms with Crippen molar-refractivity contribution in [2.45, 2.75) is 70.4 Å². The van der Waals surface area contributed by atoms with Crippen molar-refractivity contribution >= 4 is 12.1 Å². The Morgan fingerprint density at radius 2 is 1.71 bits per heavy atom. The lowest BCUT2D eigenvalue weighted by Crippen LogP contribution is -2.43. The number of carboxylic acids is 1. The van der Waals surface area contributed by atoms with Crippen molar-refractivity contribution < 1.29 is 28.2 Å². The number of carboxylic acid groups (broad SMARTS) is 1. The summed E-state index contributed by atoms with van der Waals surface area (Å²) in [4.78, 5) is 22.0. The Balaban J connectivity index is 2.42. The second kappa shape index (κ2) is 6.58. The average Bonchev–Trinajstić information content (AvgIpc) is 2.24. The first-order valence-corrected chi connectivity index (χ1v) is 7.09. The number of hydrogen-bond donors (Lipinski definition) is 2. The fourth-order valence-corrected chi connectivity index (χ4v) is 2.48. The molecule has 7 heteroatoms. The van der Waals surface area contributed by atoms with Crippen molar-refractivity contribution in [3.8, 4) is 0 Å². The van der Waals surface area contributed by atoms with Gasteiger partial charge in [-0.2, -0.15) is 0 Å². The highest BCUT2D eigenvalue weighted by atomic mass is 19.3. The van der Waals surface area contributed by atoms with Crippen LogP contribution in [0.25, 0.3) is 0 Å². The van der Waals surface area contributed by atoms with Crippen LogP contribution in [0.4, 0.5) is 13.6 Å². The van der Waals surface area contributed by atoms with E-state index in [1.165, 1.54) is 0 Å². The van der Waals surface area contributed by atoms with Crippen LogP contribution in [0, 0.1) is 5.92 Å². The Kier molecular flexibility index (Phi) is 5.53. The number of alkyl halides is 2. The monoisotopic (exact) mass is 307 g/mol. The molecule has 1 rings (SSSR count). The van der Waals surface area contributed by atoms with Gasteiger partial charge in [-0.05, 0) is 46.5 Å². The van der Waals surface area contributed by atoms with Crippen LogP contribution in [0.5, 0.6) is 0 Å². The van der Waals surface area contributed by atoms with E-state index >= 15 is 0 Å². The molecule has 0 aromatic heterocycles. The second-order valence-corrected chi connectivity index (χ2v) is 6.53. The van der Waals surface area contributed by atoms with Crippen LogP contribution in [0.3, 0.4) is 0 Å². The van der Waals surface area contributed by atoms with Crippen molar-refractivity contribution in [1.82, 2.24) is 5.32 Å². The second-order valence-electron chi connectivity index (χ2n) is 6.53. The standard InChI is InChI=1S/C14H23F2NO4/c1-13(2,3)21-12(20)17-10-6-4-9(5-7-10)14(15,16)8-11(18)19/h9-10H,4-8H2,1-3H3,(H,17,20)(H,18,19). The summed E-state index contributed by atoms with van der Waals surface area (Å²) in [6.07, 6.45) is -0.495. The van der Waals surface area contributed by atoms with E-state index < -0.39 is 35.9 Å². The van der Waals surface area contributed by atoms with E-state index in [-0.39, 0.29) is 18.9 Å². The van der Waals surface area contributed by atoms with Crippen LogP contribution >= 0.6 is 0 Å². The lowest BCUT2D eigenvalue weighted by atomic mass is 9.81. The first-order valence-electron chi connectivity index (χ1n) is 7.09. The highest BCUT2D eigenvalue weighted by Crippen LogP contribution is 2.38. The molecule has 0 saturated heterocycles. The minimum Gasteiger partial charge on any atom is -0.481 e. The lowest BCUT2D eigenvalue weighted by molar-refractivity contribution is -0.150. The number of rotatable bonds is 4. The van der Waals surface area contributed by atoms with Crippen LogP contribution in [0.15, 0.2) is 0 Å². The quantitative estimate of drug-likeness (QED) is 0.836. The predicted octanol–water partition coefficient (Wildman–Crippen LogP) is 3.18. The molecule has 1 aliphatic rings. The summed E-state index contributed by atoms with van der Waals surface area (Å²) in [5.41, 5.74) is -0.601. The first-order chi connectivity index (χ1) is 9.49. The molecule has 5 nitrogen and oxygen atoms in total. The van der Waals surface area contributed by atoms with Gasteiger partial charge in [-0.25, -0.2) is 13.6 Å². The molecule has 2 N–H and O–H groups in total. The molecular weight excluding hydrogens is 284 g/mol. The van der Waals surface area contributed by atoms with E-state index in [4.69, 9.17) is 9.84 Å². The highest BCUT2D eigenvalue weighted by molar-refractivity contribution is 5.68. The van der Waals surface area contributed by atoms with Crippen LogP contribution in [0.1, 0.15) is 52.9 Å². The molecule has 0 heterocycles. The Morgan fingerprint density at radius 1 is 1.19 bits per heavy atom. The summed E-state index contributed by atoms with van der Waals surface area (Å²) in [5.74, 6) is -5.62. The van der Waals surface area contributed by atoms with Gasteiger partial charge < -0.3 is 15.2 Å². The summed E-state index contributed by atoms with van der Waals surface area (Å²) >= 11 is 0. The summed E-state index contributed by atoms with van der Waals surface area (Å²) in [6.45, 7) is 5.24. The van der Waals surface area contributed by atoms with E-state index in [0.717, 1.165) is 0 Å². The number of nitrogens with one attached hydrogen (secondary N) is 1. The van der Waals surface area contributed by atoms with Crippen molar-refractivity contribution in [2.24, 2.45) is 5.92 Å². The zero-order valence-electron chi connectivity index (χ0n) is 12.6. The lowest BCUT2D eigenvalue weighted by Gasteiger charge is -2.33. The largest absolute Gasteiger partial charge is 0.481 e. The molecule has 0 aliphatic heterocycles. The van der Waals surface area contributed by atoms with Crippen LogP contribution in [0.2, 0.25) is 0 Å². The number of amides is 1. The number of aliphatic carboxylic acids is 1. The van der Waals surface area contributed by atoms with Crippen molar-refractivity contribution in [3.05, 3.63) is 0 Å². The minimum atomic E-state index is -3.19. The molecular formula is C14H23F2NO4. The molecule has 0 bridgehead atoms. The molecule has 0 unspecified atom stereocenters. The van der Waals surface area contributed by atoms with Gasteiger partial charge in [0.25, 0.3) is 5.92 Å². The van der Waals surface area contributed by atoms with E-state index in [0.29, 0.717) is 12.8 Å². The van der Waals surface area contributed by atoms with Crippen LogP contribution in [-0.4, -0.2) is 34.7 Å². The summed E-state index contributed by atoms with van der Waals surface area (Å²) in [7, 11) is 0. The first kappa shape index (κ1) is 17.7. The summed E-state index contributed by atoms with van der Waals surface area (Å²) in [6, 6.07) is -0.197. The number of ether oxygens (including phenoxy) is 1. The average molecular weight is 307 g/mol. The van der Waals surface area contributed by atoms with Gasteiger partial charge in [0.05, 0.1) is 0 Å². The Hall–Kier alpha value is -1.40. The number of carbonyl (C=O) groups is 2. The minimum absolute atomic E-state index is 0.195. The third kappa shape index (κ3) is 6.27. The van der Waals surface area contributed by atoms with E-state index in [2.05, 4.69) is 5.32 Å². The third-order valence-electron chi connectivity index (χ3n) is 3.43. The zero-order valence-corrected chi connectivity index (χ0v) is 12.6. The van der Waals surface area contributed by atoms with Crippen LogP contribution < -0.4 is 5.32 Å². The number of carbonyl (C=O) groups excluding carboxylic acids is 1. The maximum Gasteiger partial charge on any atom is 0.407 e. The van der Waals surface area contributed by atoms with Gasteiger partial charge in [0.2, 0.25) is 0 Å². The van der Waals surface area contributed by atoms with E-state index in [1.54, 1.807) is 20.8 Å². The summed E-state index contributed by atoms with van der Waals surface area (Å²) in [5, 5.41) is 11.2. The van der Waals surface area contributed by atoms with Crippen LogP contribution in [-0.2, 0) is 9.53 Å². The Bertz CT molecular complexity index is 385. The molecule has 21 heavy (non-hydrogen) atoms. The van der Waals surface area contributed by atoms with E-state index in [1.807, 2.05) is 0 Å². The summed E-state index contributed by atoms with van der Waals surface area (Å²) < 4.78 is 32.5. The number of hydrogen-bond acceptors (Lipinski definition) is 3. The topological polar surface area (TPSA) is 75.6 Å². The van der Waals surface area contributed by atoms with Gasteiger partial charge in [-0.1, -0.05) is 0 Å². The fourth-order valence-electron chi connectivity index (χ4n) is 2.48. The van der Waals surface area contributed by atoms with Crippen molar-refractivity contribution in [3.63, 3.8) is 0 Å². The molecule has 0 radical (unpaired) electrons. The molecule has 0 aromatic rings. The van der Waals surface area contributed by atoms with Gasteiger partial charge in [0.1, 0.15) is 12.0 Å². The smallest absolute Gasteiger partial charge is 0.407 e. The molecule has 1 aliphatic carbocycles. The molecule has 1 saturated carbocycles. The third-order valence-corrected chi connectivity index (χ3v) is 3.43. The van der Waals surface area contributed by atoms with Crippen molar-refractivity contribution in [1.29, 1.82) is 0 Å². The molecule has 1 fully saturated rings. The molecule has 122 valence electrons. The van der Waals surface area contributed by atoms with Gasteiger partial charge >= 0.3 is 12.1 Å². The SMILES string of the molecule is CC(C)(C)OC(=O)NC1CCC(C(F)(F)CC(=O)O)CC1. The highest BCUT2D eigenvalue weighted by Gasteiger charge is 2.43. The van der Waals surface area contributed by atoms with Gasteiger partial charge in [-0.3, -0.25) is 4.79 Å². The Morgan fingerprint density at radius 3 is 2.14 bits per heavy atom. The normalized spacial score (nSPS) is 23.5. The fraction of sp³-hybridized carbons (Fsp3) is 0.857. The molecule has 0 atom stereocenters. The predicted molar refractivity (Wildman–Crippen MR) is 72.3 cm³/mol. The maximum absolute atomic E-state index is 13.7. The zero-order chi connectivity index (χ0) is 16.3.